The first-order chi connectivity index (χ1) is 31.0. The van der Waals surface area contributed by atoms with Crippen molar-refractivity contribution in [3.63, 3.8) is 0 Å². The molecular weight excluding hydrogens is 857 g/mol. The zero-order chi connectivity index (χ0) is 46.3. The second kappa shape index (κ2) is 18.6. The van der Waals surface area contributed by atoms with Crippen molar-refractivity contribution in [2.45, 2.75) is 148 Å². The highest BCUT2D eigenvalue weighted by Gasteiger charge is 2.62. The maximum Gasteiger partial charge on any atom is 0.410 e. The molecule has 3 saturated carbocycles. The van der Waals surface area contributed by atoms with E-state index in [9.17, 15) is 32.4 Å². The van der Waals surface area contributed by atoms with Crippen molar-refractivity contribution >= 4 is 45.4 Å². The molecule has 0 bridgehead atoms. The molecule has 2 N–H and O–H groups in total. The van der Waals surface area contributed by atoms with Crippen LogP contribution in [0.3, 0.4) is 0 Å². The number of nitrogens with zero attached hydrogens (tertiary/aromatic N) is 4. The third-order valence-corrected chi connectivity index (χ3v) is 16.3. The van der Waals surface area contributed by atoms with Crippen molar-refractivity contribution in [3.8, 4) is 11.5 Å². The van der Waals surface area contributed by atoms with Gasteiger partial charge in [-0.3, -0.25) is 38.6 Å². The molecule has 65 heavy (non-hydrogen) atoms. The molecule has 1 saturated heterocycles. The van der Waals surface area contributed by atoms with Crippen LogP contribution in [0.15, 0.2) is 30.7 Å². The van der Waals surface area contributed by atoms with E-state index in [1.165, 1.54) is 28.4 Å². The van der Waals surface area contributed by atoms with Crippen LogP contribution in [-0.4, -0.2) is 107 Å². The van der Waals surface area contributed by atoms with Gasteiger partial charge in [0.2, 0.25) is 21.8 Å². The Bertz CT molecular complexity index is 2290. The van der Waals surface area contributed by atoms with Gasteiger partial charge in [-0.2, -0.15) is 0 Å². The molecule has 1 aromatic heterocycles. The zero-order valence-electron chi connectivity index (χ0n) is 37.8. The van der Waals surface area contributed by atoms with E-state index in [1.54, 1.807) is 0 Å². The lowest BCUT2D eigenvalue weighted by Crippen LogP contribution is -2.51. The predicted molar refractivity (Wildman–Crippen MR) is 235 cm³/mol. The van der Waals surface area contributed by atoms with Gasteiger partial charge in [0.25, 0.3) is 5.91 Å². The van der Waals surface area contributed by atoms with Gasteiger partial charge >= 0.3 is 6.09 Å². The van der Waals surface area contributed by atoms with Gasteiger partial charge in [0, 0.05) is 56.1 Å². The molecule has 8 rings (SSSR count). The summed E-state index contributed by atoms with van der Waals surface area (Å²) in [6.45, 7) is 8.74. The number of rotatable bonds is 15. The number of ketones is 2. The molecule has 352 valence electrons. The number of Topliss-reactive ketones (excluding diaryl/α,β-unsaturated/α-hetero) is 2. The fourth-order valence-electron chi connectivity index (χ4n) is 10.4. The molecule has 3 aliphatic carbocycles. The summed E-state index contributed by atoms with van der Waals surface area (Å²) in [5.74, 6) is -2.64. The largest absolute Gasteiger partial charge is 0.490 e. The molecule has 0 spiro atoms. The number of likely N-dealkylation sites (tertiary alicyclic amines) is 1. The normalized spacial score (nSPS) is 25.1. The molecule has 2 aromatic rings. The molecule has 1 unspecified atom stereocenters. The van der Waals surface area contributed by atoms with Gasteiger partial charge in [0.05, 0.1) is 55.2 Å². The number of hydrogen-bond donors (Lipinski definition) is 2. The summed E-state index contributed by atoms with van der Waals surface area (Å²) < 4.78 is 46.1. The first kappa shape index (κ1) is 46.4. The lowest BCUT2D eigenvalue weighted by atomic mass is 9.74. The minimum atomic E-state index is -3.89. The van der Waals surface area contributed by atoms with Gasteiger partial charge in [0.1, 0.15) is 11.8 Å². The monoisotopic (exact) mass is 918 g/mol. The summed E-state index contributed by atoms with van der Waals surface area (Å²) >= 11 is 0. The maximum atomic E-state index is 15.2. The average Bonchev–Trinajstić information content (AvgIpc) is 4.20. The summed E-state index contributed by atoms with van der Waals surface area (Å²) in [5.41, 5.74) is -0.292. The van der Waals surface area contributed by atoms with E-state index in [0.29, 0.717) is 50.4 Å². The standard InChI is InChI=1S/C47H62N6O11S/c1-5-30-22-47(30,44(58)51-65(60,61)32-13-14-32)23-38(55)36-20-31(64-45(59)52-25-29-12-15-39-41(33(29)27-52)63-19-9-18-62-39)26-53(36)43(57)34(46(2,3)4)21-37(54)40(28-10-7-6-8-11-28)50-42(56)35-24-48-16-17-49-35/h12,15-17,24,28,30-32,34,36,40H,5-11,13-14,18-23,25-27H2,1-4H3,(H,50,56)(H,51,58)/t30-,31+,34+,36?,40-,47-/m0/s1. The van der Waals surface area contributed by atoms with Crippen LogP contribution in [0.4, 0.5) is 4.79 Å². The van der Waals surface area contributed by atoms with Crippen LogP contribution in [0.1, 0.15) is 133 Å². The number of carbonyl (C=O) groups excluding carboxylic acids is 6. The van der Waals surface area contributed by atoms with E-state index in [0.717, 1.165) is 49.7 Å². The maximum absolute atomic E-state index is 15.2. The van der Waals surface area contributed by atoms with Crippen molar-refractivity contribution in [3.05, 3.63) is 47.5 Å². The Balaban J connectivity index is 1.04. The Labute approximate surface area is 380 Å². The number of aromatic nitrogens is 2. The molecule has 4 amide bonds. The van der Waals surface area contributed by atoms with Crippen LogP contribution in [0.25, 0.3) is 0 Å². The molecular formula is C47H62N6O11S. The van der Waals surface area contributed by atoms with Crippen LogP contribution >= 0.6 is 0 Å². The quantitative estimate of drug-likeness (QED) is 0.239. The van der Waals surface area contributed by atoms with Crippen molar-refractivity contribution in [1.82, 2.24) is 29.8 Å². The van der Waals surface area contributed by atoms with Gasteiger partial charge < -0.3 is 24.4 Å². The van der Waals surface area contributed by atoms with Gasteiger partial charge in [0.15, 0.2) is 23.1 Å². The second-order valence-electron chi connectivity index (χ2n) is 20.0. The van der Waals surface area contributed by atoms with Gasteiger partial charge in [-0.1, -0.05) is 59.4 Å². The number of carbonyl (C=O) groups is 6. The molecule has 1 aromatic carbocycles. The lowest BCUT2D eigenvalue weighted by molar-refractivity contribution is -0.146. The number of hydrogen-bond acceptors (Lipinski definition) is 13. The van der Waals surface area contributed by atoms with E-state index in [2.05, 4.69) is 20.0 Å². The highest BCUT2D eigenvalue weighted by atomic mass is 32.2. The molecule has 6 aliphatic rings. The molecule has 18 heteroatoms. The molecule has 0 radical (unpaired) electrons. The van der Waals surface area contributed by atoms with Crippen LogP contribution < -0.4 is 19.5 Å². The number of sulfonamides is 1. The third kappa shape index (κ3) is 10.0. The van der Waals surface area contributed by atoms with E-state index in [4.69, 9.17) is 14.2 Å². The summed E-state index contributed by atoms with van der Waals surface area (Å²) in [4.78, 5) is 96.8. The summed E-state index contributed by atoms with van der Waals surface area (Å²) in [7, 11) is -3.89. The van der Waals surface area contributed by atoms with Gasteiger partial charge in [-0.25, -0.2) is 18.2 Å². The fraction of sp³-hybridized carbons (Fsp3) is 0.660. The van der Waals surface area contributed by atoms with Crippen LogP contribution in [0, 0.1) is 28.6 Å². The van der Waals surface area contributed by atoms with Crippen molar-refractivity contribution in [1.29, 1.82) is 0 Å². The minimum absolute atomic E-state index is 0.0536. The average molecular weight is 919 g/mol. The van der Waals surface area contributed by atoms with E-state index >= 15 is 4.79 Å². The molecule has 17 nitrogen and oxygen atoms in total. The number of amides is 4. The molecule has 6 atom stereocenters. The first-order valence-corrected chi connectivity index (χ1v) is 24.9. The van der Waals surface area contributed by atoms with Crippen molar-refractivity contribution < 1.29 is 51.4 Å². The summed E-state index contributed by atoms with van der Waals surface area (Å²) in [5, 5.41) is 2.30. The van der Waals surface area contributed by atoms with Crippen LogP contribution in [0.2, 0.25) is 0 Å². The molecule has 4 heterocycles. The Morgan fingerprint density at radius 1 is 0.969 bits per heavy atom. The number of fused-ring (bicyclic) bond motifs is 3. The molecule has 4 fully saturated rings. The van der Waals surface area contributed by atoms with Crippen LogP contribution in [0.5, 0.6) is 11.5 Å². The van der Waals surface area contributed by atoms with Gasteiger partial charge in [-0.05, 0) is 61.0 Å². The zero-order valence-corrected chi connectivity index (χ0v) is 38.7. The topological polar surface area (TPSA) is 221 Å². The lowest BCUT2D eigenvalue weighted by Gasteiger charge is -2.36. The highest BCUT2D eigenvalue weighted by molar-refractivity contribution is 7.90. The van der Waals surface area contributed by atoms with E-state index < -0.39 is 79.8 Å². The number of benzene rings is 1. The smallest absolute Gasteiger partial charge is 0.410 e. The Morgan fingerprint density at radius 3 is 2.40 bits per heavy atom. The fourth-order valence-corrected chi connectivity index (χ4v) is 11.7. The third-order valence-electron chi connectivity index (χ3n) is 14.4. The summed E-state index contributed by atoms with van der Waals surface area (Å²) in [6, 6.07) is 1.71. The number of nitrogens with one attached hydrogen (secondary N) is 2. The van der Waals surface area contributed by atoms with E-state index in [1.807, 2.05) is 39.8 Å². The Hall–Kier alpha value is -5.13. The SMILES string of the molecule is CC[C@H]1C[C@@]1(CC(=O)C1C[C@@H](OC(=O)N2Cc3ccc4c(c3C2)OCCCO4)CN1C(=O)[C@@H](CC(=O)[C@@H](NC(=O)c1cnccn1)C1CCCCC1)C(C)(C)C)C(=O)NS(=O)(=O)C1CC1. The van der Waals surface area contributed by atoms with E-state index in [-0.39, 0.29) is 62.2 Å². The second-order valence-corrected chi connectivity index (χ2v) is 22.0. The van der Waals surface area contributed by atoms with Gasteiger partial charge in [-0.15, -0.1) is 0 Å². The van der Waals surface area contributed by atoms with Crippen molar-refractivity contribution in [2.24, 2.45) is 28.6 Å². The molecule has 3 aliphatic heterocycles. The Kier molecular flexibility index (Phi) is 13.3. The number of ether oxygens (including phenoxy) is 3. The van der Waals surface area contributed by atoms with Crippen molar-refractivity contribution in [2.75, 3.05) is 19.8 Å². The minimum Gasteiger partial charge on any atom is -0.490 e. The highest BCUT2D eigenvalue weighted by Crippen LogP contribution is 2.58. The summed E-state index contributed by atoms with van der Waals surface area (Å²) in [6.07, 6.45) is 8.80. The van der Waals surface area contributed by atoms with Crippen LogP contribution in [-0.2, 0) is 47.0 Å². The predicted octanol–water partition coefficient (Wildman–Crippen LogP) is 5.04. The first-order valence-electron chi connectivity index (χ1n) is 23.3. The Morgan fingerprint density at radius 2 is 1.72 bits per heavy atom.